The molecule has 28 heavy (non-hydrogen) atoms. The van der Waals surface area contributed by atoms with Gasteiger partial charge in [0.05, 0.1) is 23.0 Å². The van der Waals surface area contributed by atoms with Crippen molar-refractivity contribution >= 4 is 33.2 Å². The first-order chi connectivity index (χ1) is 13.4. The highest BCUT2D eigenvalue weighted by molar-refractivity contribution is 9.11. The van der Waals surface area contributed by atoms with E-state index < -0.39 is 48.6 Å². The molecular weight excluding hydrogens is 461 g/mol. The highest BCUT2D eigenvalue weighted by Crippen LogP contribution is 2.34. The number of thiophene rings is 1. The molecule has 1 saturated heterocycles. The van der Waals surface area contributed by atoms with Crippen LogP contribution in [0.5, 0.6) is 0 Å². The maximum Gasteiger partial charge on any atom is 0.330 e. The van der Waals surface area contributed by atoms with Gasteiger partial charge in [0.1, 0.15) is 6.23 Å². The van der Waals surface area contributed by atoms with Crippen molar-refractivity contribution in [1.29, 1.82) is 0 Å². The normalized spacial score (nSPS) is 22.9. The minimum absolute atomic E-state index is 0.115. The van der Waals surface area contributed by atoms with Gasteiger partial charge in [0, 0.05) is 23.6 Å². The first kappa shape index (κ1) is 20.9. The van der Waals surface area contributed by atoms with Crippen LogP contribution in [0.2, 0.25) is 0 Å². The molecule has 0 bridgehead atoms. The van der Waals surface area contributed by atoms with E-state index in [1.54, 1.807) is 0 Å². The lowest BCUT2D eigenvalue weighted by Crippen LogP contribution is -2.38. The van der Waals surface area contributed by atoms with Crippen molar-refractivity contribution in [3.8, 4) is 0 Å². The Morgan fingerprint density at radius 2 is 2.25 bits per heavy atom. The molecule has 1 unspecified atom stereocenters. The van der Waals surface area contributed by atoms with Gasteiger partial charge in [0.25, 0.3) is 11.9 Å². The number of aromatic nitrogens is 2. The Labute approximate surface area is 170 Å². The van der Waals surface area contributed by atoms with E-state index in [1.807, 2.05) is 12.1 Å². The molecule has 152 valence electrons. The van der Waals surface area contributed by atoms with Crippen molar-refractivity contribution in [2.75, 3.05) is 6.54 Å². The summed E-state index contributed by atoms with van der Waals surface area (Å²) in [5.41, 5.74) is 3.88. The van der Waals surface area contributed by atoms with Crippen LogP contribution in [0.1, 0.15) is 17.5 Å². The fraction of sp³-hybridized carbons (Fsp3) is 0.438. The smallest absolute Gasteiger partial charge is 0.330 e. The molecule has 1 fully saturated rings. The molecule has 12 heteroatoms. The van der Waals surface area contributed by atoms with Crippen LogP contribution in [-0.4, -0.2) is 40.6 Å². The zero-order chi connectivity index (χ0) is 20.3. The topological polar surface area (TPSA) is 126 Å². The van der Waals surface area contributed by atoms with Crippen molar-refractivity contribution in [1.82, 2.24) is 9.55 Å². The molecule has 4 atom stereocenters. The second kappa shape index (κ2) is 9.09. The number of rotatable bonds is 7. The van der Waals surface area contributed by atoms with Crippen LogP contribution in [-0.2, 0) is 25.6 Å². The molecule has 0 amide bonds. The average molecular weight is 478 g/mol. The molecule has 3 rings (SSSR count). The number of H-pyrrole nitrogens is 1. The summed E-state index contributed by atoms with van der Waals surface area (Å²) in [5, 5.41) is 0. The number of nitrogens with two attached hydrogens (primary N) is 1. The molecule has 1 aliphatic rings. The molecular formula is C16H17BrFN3O6S. The predicted molar refractivity (Wildman–Crippen MR) is 100 cm³/mol. The largest absolute Gasteiger partial charge is 0.427 e. The Kier molecular flexibility index (Phi) is 6.78. The van der Waals surface area contributed by atoms with Crippen molar-refractivity contribution in [3.05, 3.63) is 53.9 Å². The first-order valence-electron chi connectivity index (χ1n) is 8.23. The van der Waals surface area contributed by atoms with Gasteiger partial charge in [-0.2, -0.15) is 4.39 Å². The SMILES string of the molecule is NCC(=O)OC(F)[C@H]1O[C@@H](n2ccc(=O)[nH]c2=O)C[C@@H]1OCc1ccc(Br)s1. The molecule has 3 N–H and O–H groups in total. The highest BCUT2D eigenvalue weighted by atomic mass is 79.9. The monoisotopic (exact) mass is 477 g/mol. The molecule has 1 aliphatic heterocycles. The third-order valence-corrected chi connectivity index (χ3v) is 5.61. The predicted octanol–water partition coefficient (Wildman–Crippen LogP) is 1.03. The zero-order valence-electron chi connectivity index (χ0n) is 14.4. The van der Waals surface area contributed by atoms with Crippen molar-refractivity contribution in [2.24, 2.45) is 5.73 Å². The second-order valence-corrected chi connectivity index (χ2v) is 8.46. The summed E-state index contributed by atoms with van der Waals surface area (Å²) in [6, 6.07) is 4.86. The molecule has 3 heterocycles. The standard InChI is InChI=1S/C16H17BrFN3O6S/c17-10-2-1-8(28-10)7-25-9-5-12(21-4-3-11(22)20-16(21)24)26-14(9)15(18)27-13(23)6-19/h1-4,9,12,14-15H,5-7,19H2,(H,20,22,24)/t9-,12+,14-,15?/m0/s1. The molecule has 2 aromatic rings. The average Bonchev–Trinajstić information content (AvgIpc) is 3.26. The van der Waals surface area contributed by atoms with Gasteiger partial charge in [-0.25, -0.2) is 4.79 Å². The molecule has 0 aromatic carbocycles. The summed E-state index contributed by atoms with van der Waals surface area (Å²) < 4.78 is 32.6. The van der Waals surface area contributed by atoms with Crippen LogP contribution in [0.3, 0.4) is 0 Å². The van der Waals surface area contributed by atoms with Gasteiger partial charge in [-0.1, -0.05) is 0 Å². The fourth-order valence-electron chi connectivity index (χ4n) is 2.74. The van der Waals surface area contributed by atoms with Crippen LogP contribution >= 0.6 is 27.3 Å². The summed E-state index contributed by atoms with van der Waals surface area (Å²) in [5.74, 6) is -0.929. The number of hydrogen-bond acceptors (Lipinski definition) is 8. The number of nitrogens with one attached hydrogen (secondary N) is 1. The third-order valence-electron chi connectivity index (χ3n) is 4.01. The molecule has 0 aliphatic carbocycles. The van der Waals surface area contributed by atoms with Crippen LogP contribution in [0, 0.1) is 0 Å². The highest BCUT2D eigenvalue weighted by Gasteiger charge is 2.44. The second-order valence-electron chi connectivity index (χ2n) is 5.91. The van der Waals surface area contributed by atoms with Crippen molar-refractivity contribution in [2.45, 2.75) is 37.8 Å². The van der Waals surface area contributed by atoms with Crippen molar-refractivity contribution in [3.63, 3.8) is 0 Å². The van der Waals surface area contributed by atoms with E-state index in [0.29, 0.717) is 0 Å². The van der Waals surface area contributed by atoms with Gasteiger partial charge in [-0.05, 0) is 28.1 Å². The third kappa shape index (κ3) is 4.94. The number of esters is 1. The summed E-state index contributed by atoms with van der Waals surface area (Å²) >= 11 is 4.81. The Bertz CT molecular complexity index is 947. The number of hydrogen-bond donors (Lipinski definition) is 2. The quantitative estimate of drug-likeness (QED) is 0.570. The number of aromatic amines is 1. The zero-order valence-corrected chi connectivity index (χ0v) is 16.8. The number of alkyl halides is 1. The van der Waals surface area contributed by atoms with E-state index in [4.69, 9.17) is 15.2 Å². The van der Waals surface area contributed by atoms with E-state index >= 15 is 0 Å². The lowest BCUT2D eigenvalue weighted by atomic mass is 10.1. The molecule has 0 radical (unpaired) electrons. The number of halogens is 2. The fourth-order valence-corrected chi connectivity index (χ4v) is 4.15. The summed E-state index contributed by atoms with van der Waals surface area (Å²) in [6.07, 6.45) is -3.72. The molecule has 0 saturated carbocycles. The Morgan fingerprint density at radius 1 is 1.46 bits per heavy atom. The lowest BCUT2D eigenvalue weighted by Gasteiger charge is -2.22. The van der Waals surface area contributed by atoms with Crippen LogP contribution in [0.15, 0.2) is 37.8 Å². The maximum atomic E-state index is 14.5. The first-order valence-corrected chi connectivity index (χ1v) is 9.84. The minimum Gasteiger partial charge on any atom is -0.427 e. The Hall–Kier alpha value is -1.86. The van der Waals surface area contributed by atoms with E-state index in [2.05, 4.69) is 25.7 Å². The van der Waals surface area contributed by atoms with Gasteiger partial charge in [-0.15, -0.1) is 11.3 Å². The lowest BCUT2D eigenvalue weighted by molar-refractivity contribution is -0.184. The molecule has 0 spiro atoms. The van der Waals surface area contributed by atoms with Gasteiger partial charge < -0.3 is 19.9 Å². The number of nitrogens with zero attached hydrogens (tertiary/aromatic N) is 1. The van der Waals surface area contributed by atoms with Gasteiger partial charge >= 0.3 is 11.7 Å². The van der Waals surface area contributed by atoms with Gasteiger partial charge in [0.15, 0.2) is 6.10 Å². The minimum atomic E-state index is -2.13. The Morgan fingerprint density at radius 3 is 2.89 bits per heavy atom. The summed E-state index contributed by atoms with van der Waals surface area (Å²) in [7, 11) is 0. The molecule has 9 nitrogen and oxygen atoms in total. The summed E-state index contributed by atoms with van der Waals surface area (Å²) in [4.78, 5) is 37.6. The van der Waals surface area contributed by atoms with E-state index in [1.165, 1.54) is 17.5 Å². The van der Waals surface area contributed by atoms with Crippen LogP contribution < -0.4 is 17.0 Å². The maximum absolute atomic E-state index is 14.5. The number of carbonyl (C=O) groups excluding carboxylic acids is 1. The van der Waals surface area contributed by atoms with Crippen LogP contribution in [0.25, 0.3) is 0 Å². The van der Waals surface area contributed by atoms with Gasteiger partial charge in [-0.3, -0.25) is 19.1 Å². The summed E-state index contributed by atoms with van der Waals surface area (Å²) in [6.45, 7) is -0.295. The van der Waals surface area contributed by atoms with Crippen LogP contribution in [0.4, 0.5) is 4.39 Å². The number of carbonyl (C=O) groups is 1. The van der Waals surface area contributed by atoms with E-state index in [-0.39, 0.29) is 13.0 Å². The van der Waals surface area contributed by atoms with Crippen molar-refractivity contribution < 1.29 is 23.4 Å². The Balaban J connectivity index is 1.77. The number of ether oxygens (including phenoxy) is 3. The van der Waals surface area contributed by atoms with Gasteiger partial charge in [0.2, 0.25) is 0 Å². The van der Waals surface area contributed by atoms with E-state index in [0.717, 1.165) is 19.3 Å². The molecule has 2 aromatic heterocycles. The van der Waals surface area contributed by atoms with E-state index in [9.17, 15) is 18.8 Å².